The molecule has 1 aromatic carbocycles. The summed E-state index contributed by atoms with van der Waals surface area (Å²) in [5.41, 5.74) is -0.250. The van der Waals surface area contributed by atoms with Crippen LogP contribution in [0.15, 0.2) is 12.4 Å². The van der Waals surface area contributed by atoms with Gasteiger partial charge in [0.25, 0.3) is 0 Å². The molecule has 0 unspecified atom stereocenters. The molecule has 1 aromatic heterocycles. The van der Waals surface area contributed by atoms with E-state index in [4.69, 9.17) is 5.11 Å². The number of carbonyl (C=O) groups is 1. The summed E-state index contributed by atoms with van der Waals surface area (Å²) in [7, 11) is 0. The Kier molecular flexibility index (Phi) is 4.20. The maximum atomic E-state index is 13.3. The molecule has 1 heterocycles. The largest absolute Gasteiger partial charge is 0.479 e. The maximum Gasteiger partial charge on any atom is 0.338 e. The van der Waals surface area contributed by atoms with Crippen LogP contribution in [0.3, 0.4) is 0 Å². The SMILES string of the molecule is O=C(O)c1cnc(COc2c(F)c(F)c(F)c(F)c2F)nc1. The summed E-state index contributed by atoms with van der Waals surface area (Å²) < 4.78 is 69.8. The third-order valence-corrected chi connectivity index (χ3v) is 2.47. The molecule has 2 aromatic rings. The first-order valence-electron chi connectivity index (χ1n) is 5.51. The standard InChI is InChI=1S/C12H5F5N2O3/c13-6-7(14)9(16)11(10(17)8(6)15)22-3-5-18-1-4(2-19-5)12(20)21/h1-2H,3H2,(H,20,21). The second-order valence-corrected chi connectivity index (χ2v) is 3.88. The summed E-state index contributed by atoms with van der Waals surface area (Å²) in [6.07, 6.45) is 1.79. The van der Waals surface area contributed by atoms with E-state index in [9.17, 15) is 26.7 Å². The van der Waals surface area contributed by atoms with Gasteiger partial charge in [-0.15, -0.1) is 0 Å². The molecule has 116 valence electrons. The number of aromatic carboxylic acids is 1. The number of carboxylic acids is 1. The number of ether oxygens (including phenoxy) is 1. The van der Waals surface area contributed by atoms with Gasteiger partial charge in [0.2, 0.25) is 29.1 Å². The second-order valence-electron chi connectivity index (χ2n) is 3.88. The summed E-state index contributed by atoms with van der Waals surface area (Å²) in [5.74, 6) is -13.8. The van der Waals surface area contributed by atoms with Crippen LogP contribution in [-0.4, -0.2) is 21.0 Å². The average Bonchev–Trinajstić information content (AvgIpc) is 2.51. The quantitative estimate of drug-likeness (QED) is 0.532. The Labute approximate surface area is 119 Å². The van der Waals surface area contributed by atoms with Gasteiger partial charge < -0.3 is 9.84 Å². The van der Waals surface area contributed by atoms with E-state index < -0.39 is 47.4 Å². The number of hydrogen-bond acceptors (Lipinski definition) is 4. The number of halogens is 5. The monoisotopic (exact) mass is 320 g/mol. The zero-order valence-electron chi connectivity index (χ0n) is 10.4. The van der Waals surface area contributed by atoms with Crippen molar-refractivity contribution in [2.45, 2.75) is 6.61 Å². The average molecular weight is 320 g/mol. The third kappa shape index (κ3) is 2.80. The van der Waals surface area contributed by atoms with Gasteiger partial charge in [-0.2, -0.15) is 8.78 Å². The summed E-state index contributed by atoms with van der Waals surface area (Å²) >= 11 is 0. The van der Waals surface area contributed by atoms with Gasteiger partial charge in [0.1, 0.15) is 6.61 Å². The Hall–Kier alpha value is -2.78. The zero-order chi connectivity index (χ0) is 16.4. The highest BCUT2D eigenvalue weighted by atomic mass is 19.2. The zero-order valence-corrected chi connectivity index (χ0v) is 10.4. The second kappa shape index (κ2) is 5.92. The fourth-order valence-corrected chi connectivity index (χ4v) is 1.39. The van der Waals surface area contributed by atoms with Crippen LogP contribution in [0.25, 0.3) is 0 Å². The molecular formula is C12H5F5N2O3. The van der Waals surface area contributed by atoms with E-state index in [1.807, 2.05) is 0 Å². The Bertz CT molecular complexity index is 708. The van der Waals surface area contributed by atoms with Gasteiger partial charge in [-0.1, -0.05) is 0 Å². The first-order valence-corrected chi connectivity index (χ1v) is 5.51. The Balaban J connectivity index is 2.23. The molecule has 0 spiro atoms. The lowest BCUT2D eigenvalue weighted by atomic mass is 10.2. The molecule has 10 heteroatoms. The van der Waals surface area contributed by atoms with E-state index >= 15 is 0 Å². The highest BCUT2D eigenvalue weighted by Gasteiger charge is 2.27. The van der Waals surface area contributed by atoms with Crippen LogP contribution >= 0.6 is 0 Å². The van der Waals surface area contributed by atoms with E-state index in [1.165, 1.54) is 0 Å². The Morgan fingerprint density at radius 1 is 0.955 bits per heavy atom. The molecule has 0 bridgehead atoms. The summed E-state index contributed by atoms with van der Waals surface area (Å²) in [6, 6.07) is 0. The van der Waals surface area contributed by atoms with E-state index in [2.05, 4.69) is 14.7 Å². The molecule has 22 heavy (non-hydrogen) atoms. The van der Waals surface area contributed by atoms with Crippen molar-refractivity contribution in [3.8, 4) is 5.75 Å². The van der Waals surface area contributed by atoms with Crippen LogP contribution in [0.2, 0.25) is 0 Å². The van der Waals surface area contributed by atoms with Gasteiger partial charge in [0.05, 0.1) is 5.56 Å². The topological polar surface area (TPSA) is 72.3 Å². The smallest absolute Gasteiger partial charge is 0.338 e. The minimum atomic E-state index is -2.30. The molecule has 0 amide bonds. The normalized spacial score (nSPS) is 10.6. The fourth-order valence-electron chi connectivity index (χ4n) is 1.39. The summed E-state index contributed by atoms with van der Waals surface area (Å²) in [6.45, 7) is -0.724. The first kappa shape index (κ1) is 15.6. The van der Waals surface area contributed by atoms with E-state index in [-0.39, 0.29) is 11.4 Å². The van der Waals surface area contributed by atoms with Crippen LogP contribution in [0.5, 0.6) is 5.75 Å². The molecule has 0 saturated carbocycles. The molecule has 0 fully saturated rings. The predicted octanol–water partition coefficient (Wildman–Crippen LogP) is 2.45. The molecule has 0 aliphatic carbocycles. The lowest BCUT2D eigenvalue weighted by Crippen LogP contribution is -2.09. The van der Waals surface area contributed by atoms with Gasteiger partial charge in [0.15, 0.2) is 11.6 Å². The highest BCUT2D eigenvalue weighted by Crippen LogP contribution is 2.29. The van der Waals surface area contributed by atoms with Gasteiger partial charge in [0, 0.05) is 12.4 Å². The van der Waals surface area contributed by atoms with Gasteiger partial charge in [-0.05, 0) is 0 Å². The maximum absolute atomic E-state index is 13.3. The molecule has 0 saturated heterocycles. The number of benzene rings is 1. The van der Waals surface area contributed by atoms with E-state index in [0.717, 1.165) is 12.4 Å². The van der Waals surface area contributed by atoms with E-state index in [0.29, 0.717) is 0 Å². The molecule has 2 rings (SSSR count). The highest BCUT2D eigenvalue weighted by molar-refractivity contribution is 5.86. The molecule has 1 N–H and O–H groups in total. The van der Waals surface area contributed by atoms with Gasteiger partial charge >= 0.3 is 5.97 Å². The van der Waals surface area contributed by atoms with Crippen molar-refractivity contribution in [3.63, 3.8) is 0 Å². The molecule has 0 aliphatic rings. The number of carboxylic acid groups (broad SMARTS) is 1. The number of hydrogen-bond donors (Lipinski definition) is 1. The van der Waals surface area contributed by atoms with Gasteiger partial charge in [-0.3, -0.25) is 0 Å². The predicted molar refractivity (Wildman–Crippen MR) is 59.6 cm³/mol. The molecule has 0 aliphatic heterocycles. The van der Waals surface area contributed by atoms with Crippen molar-refractivity contribution in [3.05, 3.63) is 52.9 Å². The van der Waals surface area contributed by atoms with Gasteiger partial charge in [-0.25, -0.2) is 27.9 Å². The van der Waals surface area contributed by atoms with E-state index in [1.54, 1.807) is 0 Å². The molecule has 0 radical (unpaired) electrons. The van der Waals surface area contributed by atoms with Crippen LogP contribution in [0.1, 0.15) is 16.2 Å². The molecule has 5 nitrogen and oxygen atoms in total. The van der Waals surface area contributed by atoms with Crippen molar-refractivity contribution in [2.75, 3.05) is 0 Å². The van der Waals surface area contributed by atoms with Crippen molar-refractivity contribution in [1.82, 2.24) is 9.97 Å². The number of nitrogens with zero attached hydrogens (tertiary/aromatic N) is 2. The minimum Gasteiger partial charge on any atom is -0.479 e. The van der Waals surface area contributed by atoms with Crippen LogP contribution in [0.4, 0.5) is 22.0 Å². The first-order chi connectivity index (χ1) is 10.3. The summed E-state index contributed by atoms with van der Waals surface area (Å²) in [5, 5.41) is 8.61. The number of rotatable bonds is 4. The van der Waals surface area contributed by atoms with Crippen molar-refractivity contribution >= 4 is 5.97 Å². The summed E-state index contributed by atoms with van der Waals surface area (Å²) in [4.78, 5) is 17.6. The Morgan fingerprint density at radius 2 is 1.41 bits per heavy atom. The van der Waals surface area contributed by atoms with Crippen LogP contribution in [-0.2, 0) is 6.61 Å². The minimum absolute atomic E-state index is 0.214. The number of aromatic nitrogens is 2. The molecular weight excluding hydrogens is 315 g/mol. The third-order valence-electron chi connectivity index (χ3n) is 2.47. The van der Waals surface area contributed by atoms with Crippen molar-refractivity contribution in [2.24, 2.45) is 0 Å². The fraction of sp³-hybridized carbons (Fsp3) is 0.0833. The molecule has 0 atom stereocenters. The lowest BCUT2D eigenvalue weighted by Gasteiger charge is -2.09. The lowest BCUT2D eigenvalue weighted by molar-refractivity contribution is 0.0695. The van der Waals surface area contributed by atoms with Crippen molar-refractivity contribution < 1.29 is 36.6 Å². The van der Waals surface area contributed by atoms with Crippen LogP contribution < -0.4 is 4.74 Å². The van der Waals surface area contributed by atoms with Crippen molar-refractivity contribution in [1.29, 1.82) is 0 Å². The Morgan fingerprint density at radius 3 is 1.86 bits per heavy atom. The van der Waals surface area contributed by atoms with Crippen LogP contribution in [0, 0.1) is 29.1 Å².